The minimum Gasteiger partial charge on any atom is -0.276 e. The first-order chi connectivity index (χ1) is 6.99. The van der Waals surface area contributed by atoms with Gasteiger partial charge in [0.15, 0.2) is 0 Å². The fourth-order valence-corrected chi connectivity index (χ4v) is 3.14. The molecule has 0 aromatic carbocycles. The number of halogens is 1. The molecule has 0 aliphatic heterocycles. The van der Waals surface area contributed by atoms with Gasteiger partial charge >= 0.3 is 0 Å². The Morgan fingerprint density at radius 2 is 2.27 bits per heavy atom. The Labute approximate surface area is 100 Å². The van der Waals surface area contributed by atoms with Crippen LogP contribution in [0.2, 0.25) is 0 Å². The number of hydrogen-bond donors (Lipinski definition) is 0. The van der Waals surface area contributed by atoms with Gasteiger partial charge < -0.3 is 0 Å². The monoisotopic (exact) mass is 270 g/mol. The molecule has 1 aromatic heterocycles. The standard InChI is InChI=1S/C12H19BrN2/c1-12(2)6-4-9(13)8-10(12)11-5-7-15(3)14-11/h5,7,9-10H,4,6,8H2,1-3H3. The Kier molecular flexibility index (Phi) is 2.93. The minimum atomic E-state index is 0.388. The molecule has 1 saturated carbocycles. The number of alkyl halides is 1. The van der Waals surface area contributed by atoms with Crippen LogP contribution < -0.4 is 0 Å². The summed E-state index contributed by atoms with van der Waals surface area (Å²) in [5.74, 6) is 0.594. The zero-order chi connectivity index (χ0) is 11.1. The zero-order valence-electron chi connectivity index (χ0n) is 9.70. The lowest BCUT2D eigenvalue weighted by molar-refractivity contribution is 0.201. The van der Waals surface area contributed by atoms with Crippen LogP contribution in [0.4, 0.5) is 0 Å². The van der Waals surface area contributed by atoms with Gasteiger partial charge in [0.2, 0.25) is 0 Å². The predicted octanol–water partition coefficient (Wildman–Crippen LogP) is 3.48. The maximum atomic E-state index is 4.56. The molecule has 1 aromatic rings. The summed E-state index contributed by atoms with van der Waals surface area (Å²) in [6.45, 7) is 4.73. The fraction of sp³-hybridized carbons (Fsp3) is 0.750. The molecular weight excluding hydrogens is 252 g/mol. The minimum absolute atomic E-state index is 0.388. The van der Waals surface area contributed by atoms with Crippen molar-refractivity contribution in [2.75, 3.05) is 0 Å². The highest BCUT2D eigenvalue weighted by Crippen LogP contribution is 2.47. The number of aromatic nitrogens is 2. The van der Waals surface area contributed by atoms with Crippen molar-refractivity contribution < 1.29 is 0 Å². The van der Waals surface area contributed by atoms with Crippen molar-refractivity contribution in [1.29, 1.82) is 0 Å². The van der Waals surface area contributed by atoms with Gasteiger partial charge in [0.1, 0.15) is 0 Å². The van der Waals surface area contributed by atoms with Gasteiger partial charge in [0, 0.05) is 24.0 Å². The summed E-state index contributed by atoms with van der Waals surface area (Å²) in [6, 6.07) is 2.16. The quantitative estimate of drug-likeness (QED) is 0.715. The number of rotatable bonds is 1. The SMILES string of the molecule is Cn1ccc(C2CC(Br)CCC2(C)C)n1. The molecular formula is C12H19BrN2. The molecule has 15 heavy (non-hydrogen) atoms. The van der Waals surface area contributed by atoms with E-state index in [0.717, 1.165) is 0 Å². The molecule has 0 bridgehead atoms. The van der Waals surface area contributed by atoms with Crippen molar-refractivity contribution in [2.24, 2.45) is 12.5 Å². The van der Waals surface area contributed by atoms with E-state index in [1.807, 2.05) is 17.9 Å². The molecule has 0 radical (unpaired) electrons. The third kappa shape index (κ3) is 2.27. The van der Waals surface area contributed by atoms with Crippen LogP contribution in [0.15, 0.2) is 12.3 Å². The van der Waals surface area contributed by atoms with Crippen molar-refractivity contribution in [2.45, 2.75) is 43.9 Å². The van der Waals surface area contributed by atoms with Crippen molar-refractivity contribution in [3.63, 3.8) is 0 Å². The highest BCUT2D eigenvalue weighted by molar-refractivity contribution is 9.09. The van der Waals surface area contributed by atoms with Gasteiger partial charge in [0.05, 0.1) is 5.69 Å². The second kappa shape index (κ2) is 3.93. The van der Waals surface area contributed by atoms with Crippen LogP contribution in [-0.2, 0) is 7.05 Å². The van der Waals surface area contributed by atoms with E-state index < -0.39 is 0 Å². The fourth-order valence-electron chi connectivity index (χ4n) is 2.54. The van der Waals surface area contributed by atoms with Gasteiger partial charge in [-0.2, -0.15) is 5.10 Å². The molecule has 2 atom stereocenters. The molecule has 0 spiro atoms. The highest BCUT2D eigenvalue weighted by Gasteiger charge is 2.37. The first-order valence-electron chi connectivity index (χ1n) is 5.62. The largest absolute Gasteiger partial charge is 0.276 e. The Balaban J connectivity index is 2.25. The van der Waals surface area contributed by atoms with Gasteiger partial charge in [-0.25, -0.2) is 0 Å². The van der Waals surface area contributed by atoms with Crippen molar-refractivity contribution in [1.82, 2.24) is 9.78 Å². The van der Waals surface area contributed by atoms with E-state index in [2.05, 4.69) is 40.9 Å². The molecule has 2 unspecified atom stereocenters. The van der Waals surface area contributed by atoms with E-state index in [9.17, 15) is 0 Å². The molecule has 3 heteroatoms. The van der Waals surface area contributed by atoms with E-state index >= 15 is 0 Å². The van der Waals surface area contributed by atoms with Crippen LogP contribution in [0.3, 0.4) is 0 Å². The molecule has 1 aliphatic rings. The third-order valence-corrected chi connectivity index (χ3v) is 4.46. The first kappa shape index (κ1) is 11.2. The number of hydrogen-bond acceptors (Lipinski definition) is 1. The van der Waals surface area contributed by atoms with E-state index in [1.54, 1.807) is 0 Å². The van der Waals surface area contributed by atoms with E-state index in [0.29, 0.717) is 16.2 Å². The zero-order valence-corrected chi connectivity index (χ0v) is 11.3. The first-order valence-corrected chi connectivity index (χ1v) is 6.54. The second-order valence-electron chi connectivity index (χ2n) is 5.33. The maximum absolute atomic E-state index is 4.56. The average Bonchev–Trinajstić information content (AvgIpc) is 2.56. The van der Waals surface area contributed by atoms with Crippen LogP contribution in [0.1, 0.15) is 44.7 Å². The molecule has 0 amide bonds. The smallest absolute Gasteiger partial charge is 0.0661 e. The normalized spacial score (nSPS) is 30.4. The molecule has 2 nitrogen and oxygen atoms in total. The summed E-state index contributed by atoms with van der Waals surface area (Å²) < 4.78 is 1.91. The van der Waals surface area contributed by atoms with E-state index in [1.165, 1.54) is 25.0 Å². The summed E-state index contributed by atoms with van der Waals surface area (Å²) >= 11 is 3.75. The lowest BCUT2D eigenvalue weighted by atomic mass is 9.67. The molecule has 0 saturated heterocycles. The summed E-state index contributed by atoms with van der Waals surface area (Å²) in [7, 11) is 1.99. The highest BCUT2D eigenvalue weighted by atomic mass is 79.9. The molecule has 1 heterocycles. The predicted molar refractivity (Wildman–Crippen MR) is 66.3 cm³/mol. The van der Waals surface area contributed by atoms with Gasteiger partial charge in [-0.05, 0) is 30.7 Å². The Bertz CT molecular complexity index is 343. The van der Waals surface area contributed by atoms with Gasteiger partial charge in [0.25, 0.3) is 0 Å². The van der Waals surface area contributed by atoms with Crippen molar-refractivity contribution in [3.05, 3.63) is 18.0 Å². The van der Waals surface area contributed by atoms with Crippen molar-refractivity contribution >= 4 is 15.9 Å². The van der Waals surface area contributed by atoms with Crippen LogP contribution >= 0.6 is 15.9 Å². The van der Waals surface area contributed by atoms with E-state index in [4.69, 9.17) is 0 Å². The van der Waals surface area contributed by atoms with Crippen LogP contribution in [0.25, 0.3) is 0 Å². The van der Waals surface area contributed by atoms with Crippen LogP contribution in [0, 0.1) is 5.41 Å². The Hall–Kier alpha value is -0.310. The summed E-state index contributed by atoms with van der Waals surface area (Å²) in [4.78, 5) is 0.664. The summed E-state index contributed by atoms with van der Waals surface area (Å²) in [5, 5.41) is 4.56. The average molecular weight is 271 g/mol. The molecule has 0 N–H and O–H groups in total. The third-order valence-electron chi connectivity index (χ3n) is 3.63. The molecule has 1 aliphatic carbocycles. The second-order valence-corrected chi connectivity index (χ2v) is 6.62. The molecule has 84 valence electrons. The Morgan fingerprint density at radius 3 is 2.87 bits per heavy atom. The van der Waals surface area contributed by atoms with Crippen LogP contribution in [0.5, 0.6) is 0 Å². The topological polar surface area (TPSA) is 17.8 Å². The van der Waals surface area contributed by atoms with Gasteiger partial charge in [-0.1, -0.05) is 29.8 Å². The number of aryl methyl sites for hydroxylation is 1. The van der Waals surface area contributed by atoms with Crippen molar-refractivity contribution in [3.8, 4) is 0 Å². The lowest BCUT2D eigenvalue weighted by Crippen LogP contribution is -2.30. The molecule has 2 rings (SSSR count). The van der Waals surface area contributed by atoms with E-state index in [-0.39, 0.29) is 0 Å². The lowest BCUT2D eigenvalue weighted by Gasteiger charge is -2.39. The number of nitrogens with zero attached hydrogens (tertiary/aromatic N) is 2. The summed E-state index contributed by atoms with van der Waals surface area (Å²) in [6.07, 6.45) is 5.83. The molecule has 1 fully saturated rings. The van der Waals surface area contributed by atoms with Gasteiger partial charge in [-0.3, -0.25) is 4.68 Å². The Morgan fingerprint density at radius 1 is 1.53 bits per heavy atom. The van der Waals surface area contributed by atoms with Crippen LogP contribution in [-0.4, -0.2) is 14.6 Å². The summed E-state index contributed by atoms with van der Waals surface area (Å²) in [5.41, 5.74) is 1.64. The van der Waals surface area contributed by atoms with Gasteiger partial charge in [-0.15, -0.1) is 0 Å². The maximum Gasteiger partial charge on any atom is 0.0661 e.